The number of aromatic nitrogens is 1. The Morgan fingerprint density at radius 3 is 2.42 bits per heavy atom. The van der Waals surface area contributed by atoms with Crippen molar-refractivity contribution in [2.45, 2.75) is 63.1 Å². The molecule has 1 aromatic heterocycles. The molecule has 7 nitrogen and oxygen atoms in total. The maximum Gasteiger partial charge on any atom is 0.407 e. The molecule has 11 heteroatoms. The summed E-state index contributed by atoms with van der Waals surface area (Å²) >= 11 is 11.7. The molecule has 1 aliphatic carbocycles. The predicted molar refractivity (Wildman–Crippen MR) is 141 cm³/mol. The van der Waals surface area contributed by atoms with E-state index in [1.165, 1.54) is 0 Å². The van der Waals surface area contributed by atoms with Gasteiger partial charge in [0.2, 0.25) is 5.91 Å². The standard InChI is InChI=1S/C27H32Cl2F2N4O3/c28-23-15-20(16-24(29)34-23)27(30,31)19-8-10-21(11-9-19)33-25(36)22-7-4-13-35(22)14-12-32-26(37)38-17-18-5-2-1-3-6-18/h1-3,5-6,15-16,19,21-22H,4,7-14,17H2,(H,32,37)(H,33,36)/t19?,21?,22-/m0/s1. The van der Waals surface area contributed by atoms with Gasteiger partial charge in [0.1, 0.15) is 16.9 Å². The van der Waals surface area contributed by atoms with Gasteiger partial charge in [-0.15, -0.1) is 0 Å². The highest BCUT2D eigenvalue weighted by Crippen LogP contribution is 2.44. The van der Waals surface area contributed by atoms with Crippen LogP contribution in [0.15, 0.2) is 42.5 Å². The van der Waals surface area contributed by atoms with Crippen LogP contribution < -0.4 is 10.6 Å². The fraction of sp³-hybridized carbons (Fsp3) is 0.519. The Morgan fingerprint density at radius 1 is 1.05 bits per heavy atom. The SMILES string of the molecule is O=C(NCCN1CCC[C@H]1C(=O)NC1CCC(C(F)(F)c2cc(Cl)nc(Cl)c2)CC1)OCc1ccccc1. The zero-order valence-electron chi connectivity index (χ0n) is 21.0. The predicted octanol–water partition coefficient (Wildman–Crippen LogP) is 5.55. The molecule has 206 valence electrons. The first-order chi connectivity index (χ1) is 18.2. The Hall–Kier alpha value is -2.49. The van der Waals surface area contributed by atoms with Crippen molar-refractivity contribution in [3.05, 3.63) is 63.9 Å². The Morgan fingerprint density at radius 2 is 1.74 bits per heavy atom. The number of halogens is 4. The van der Waals surface area contributed by atoms with E-state index in [9.17, 15) is 9.59 Å². The number of rotatable bonds is 9. The van der Waals surface area contributed by atoms with E-state index < -0.39 is 17.9 Å². The van der Waals surface area contributed by atoms with E-state index in [2.05, 4.69) is 15.6 Å². The molecule has 2 heterocycles. The number of likely N-dealkylation sites (tertiary alicyclic amines) is 1. The molecule has 1 aliphatic heterocycles. The van der Waals surface area contributed by atoms with Crippen molar-refractivity contribution < 1.29 is 23.1 Å². The molecule has 0 unspecified atom stereocenters. The molecule has 0 spiro atoms. The smallest absolute Gasteiger partial charge is 0.407 e. The van der Waals surface area contributed by atoms with Gasteiger partial charge in [0, 0.05) is 30.6 Å². The number of carbonyl (C=O) groups is 2. The van der Waals surface area contributed by atoms with Crippen LogP contribution in [0, 0.1) is 5.92 Å². The lowest BCUT2D eigenvalue weighted by Crippen LogP contribution is -2.49. The number of hydrogen-bond acceptors (Lipinski definition) is 5. The maximum atomic E-state index is 15.1. The molecule has 38 heavy (non-hydrogen) atoms. The molecule has 0 radical (unpaired) electrons. The first kappa shape index (κ1) is 28.5. The lowest BCUT2D eigenvalue weighted by molar-refractivity contribution is -0.127. The zero-order chi connectivity index (χ0) is 27.1. The van der Waals surface area contributed by atoms with Crippen molar-refractivity contribution in [1.29, 1.82) is 0 Å². The summed E-state index contributed by atoms with van der Waals surface area (Å²) in [5.41, 5.74) is 0.678. The summed E-state index contributed by atoms with van der Waals surface area (Å²) < 4.78 is 35.5. The lowest BCUT2D eigenvalue weighted by Gasteiger charge is -2.35. The maximum absolute atomic E-state index is 15.1. The number of amides is 2. The third-order valence-corrected chi connectivity index (χ3v) is 7.67. The summed E-state index contributed by atoms with van der Waals surface area (Å²) in [6.45, 7) is 1.84. The number of nitrogens with one attached hydrogen (secondary N) is 2. The highest BCUT2D eigenvalue weighted by molar-refractivity contribution is 6.32. The van der Waals surface area contributed by atoms with Crippen molar-refractivity contribution in [3.8, 4) is 0 Å². The summed E-state index contributed by atoms with van der Waals surface area (Å²) in [7, 11) is 0. The molecule has 1 aromatic carbocycles. The van der Waals surface area contributed by atoms with E-state index in [0.717, 1.165) is 37.1 Å². The van der Waals surface area contributed by atoms with Gasteiger partial charge in [0.25, 0.3) is 5.92 Å². The monoisotopic (exact) mass is 568 g/mol. The minimum Gasteiger partial charge on any atom is -0.445 e. The molecule has 1 saturated carbocycles. The topological polar surface area (TPSA) is 83.6 Å². The number of carbonyl (C=O) groups excluding carboxylic acids is 2. The van der Waals surface area contributed by atoms with E-state index in [1.54, 1.807) is 0 Å². The Bertz CT molecular complexity index is 1080. The minimum absolute atomic E-state index is 0.0616. The molecule has 2 aliphatic rings. The summed E-state index contributed by atoms with van der Waals surface area (Å²) in [5.74, 6) is -4.03. The van der Waals surface area contributed by atoms with Crippen LogP contribution in [-0.4, -0.2) is 53.6 Å². The van der Waals surface area contributed by atoms with Crippen LogP contribution in [0.25, 0.3) is 0 Å². The van der Waals surface area contributed by atoms with Crippen LogP contribution in [0.4, 0.5) is 13.6 Å². The molecule has 1 atom stereocenters. The van der Waals surface area contributed by atoms with Gasteiger partial charge in [-0.2, -0.15) is 0 Å². The highest BCUT2D eigenvalue weighted by atomic mass is 35.5. The van der Waals surface area contributed by atoms with Gasteiger partial charge < -0.3 is 15.4 Å². The van der Waals surface area contributed by atoms with Crippen LogP contribution in [0.2, 0.25) is 10.3 Å². The van der Waals surface area contributed by atoms with Gasteiger partial charge in [-0.05, 0) is 62.8 Å². The minimum atomic E-state index is -3.08. The van der Waals surface area contributed by atoms with Gasteiger partial charge in [0.05, 0.1) is 6.04 Å². The number of alkyl halides is 2. The first-order valence-electron chi connectivity index (χ1n) is 12.9. The van der Waals surface area contributed by atoms with E-state index in [1.807, 2.05) is 35.2 Å². The molecule has 2 amide bonds. The van der Waals surface area contributed by atoms with Crippen molar-refractivity contribution in [3.63, 3.8) is 0 Å². The van der Waals surface area contributed by atoms with Crippen molar-refractivity contribution in [2.24, 2.45) is 5.92 Å². The number of ether oxygens (including phenoxy) is 1. The Labute approximate surface area is 231 Å². The average molecular weight is 569 g/mol. The van der Waals surface area contributed by atoms with Crippen LogP contribution in [0.3, 0.4) is 0 Å². The van der Waals surface area contributed by atoms with Crippen LogP contribution >= 0.6 is 23.2 Å². The largest absolute Gasteiger partial charge is 0.445 e. The molecule has 2 N–H and O–H groups in total. The van der Waals surface area contributed by atoms with Gasteiger partial charge in [0.15, 0.2) is 0 Å². The average Bonchev–Trinajstić information content (AvgIpc) is 3.37. The van der Waals surface area contributed by atoms with Crippen LogP contribution in [0.1, 0.15) is 49.7 Å². The second-order valence-electron chi connectivity index (χ2n) is 9.86. The van der Waals surface area contributed by atoms with Crippen molar-refractivity contribution in [1.82, 2.24) is 20.5 Å². The number of hydrogen-bond donors (Lipinski definition) is 2. The van der Waals surface area contributed by atoms with E-state index in [4.69, 9.17) is 27.9 Å². The van der Waals surface area contributed by atoms with Crippen molar-refractivity contribution >= 4 is 35.2 Å². The highest BCUT2D eigenvalue weighted by Gasteiger charge is 2.44. The zero-order valence-corrected chi connectivity index (χ0v) is 22.5. The van der Waals surface area contributed by atoms with E-state index in [0.29, 0.717) is 25.9 Å². The Balaban J connectivity index is 1.19. The lowest BCUT2D eigenvalue weighted by atomic mass is 9.80. The molecule has 4 rings (SSSR count). The third-order valence-electron chi connectivity index (χ3n) is 7.28. The van der Waals surface area contributed by atoms with E-state index in [-0.39, 0.29) is 53.3 Å². The third kappa shape index (κ3) is 7.55. The summed E-state index contributed by atoms with van der Waals surface area (Å²) in [6.07, 6.45) is 2.60. The first-order valence-corrected chi connectivity index (χ1v) is 13.7. The van der Waals surface area contributed by atoms with Crippen LogP contribution in [0.5, 0.6) is 0 Å². The molecule has 1 saturated heterocycles. The molecular weight excluding hydrogens is 537 g/mol. The van der Waals surface area contributed by atoms with Crippen molar-refractivity contribution in [2.75, 3.05) is 19.6 Å². The number of alkyl carbamates (subject to hydrolysis) is 1. The molecular formula is C27H32Cl2F2N4O3. The molecule has 0 bridgehead atoms. The van der Waals surface area contributed by atoms with E-state index >= 15 is 8.78 Å². The molecule has 2 fully saturated rings. The summed E-state index contributed by atoms with van der Waals surface area (Å²) in [6, 6.07) is 11.3. The van der Waals surface area contributed by atoms with Gasteiger partial charge in [-0.25, -0.2) is 18.6 Å². The summed E-state index contributed by atoms with van der Waals surface area (Å²) in [5, 5.41) is 5.68. The second kappa shape index (κ2) is 13.0. The quantitative estimate of drug-likeness (QED) is 0.388. The fourth-order valence-corrected chi connectivity index (χ4v) is 5.72. The number of benzene rings is 1. The van der Waals surface area contributed by atoms with Gasteiger partial charge >= 0.3 is 6.09 Å². The summed E-state index contributed by atoms with van der Waals surface area (Å²) in [4.78, 5) is 30.8. The Kier molecular flexibility index (Phi) is 9.79. The fourth-order valence-electron chi connectivity index (χ4n) is 5.26. The normalized spacial score (nSPS) is 22.2. The molecule has 2 aromatic rings. The van der Waals surface area contributed by atoms with Gasteiger partial charge in [-0.3, -0.25) is 9.69 Å². The number of pyridine rings is 1. The number of nitrogens with zero attached hydrogens (tertiary/aromatic N) is 2. The van der Waals surface area contributed by atoms with Gasteiger partial charge in [-0.1, -0.05) is 53.5 Å². The van der Waals surface area contributed by atoms with Crippen LogP contribution in [-0.2, 0) is 22.1 Å². The second-order valence-corrected chi connectivity index (χ2v) is 10.6.